The molecule has 0 aromatic rings. The number of alkyl halides is 3. The molecule has 0 spiro atoms. The van der Waals surface area contributed by atoms with Crippen molar-refractivity contribution in [1.29, 1.82) is 0 Å². The minimum absolute atomic E-state index is 0.109. The summed E-state index contributed by atoms with van der Waals surface area (Å²) in [5.74, 6) is 0. The standard InChI is InChI=1S/C6H12Cl2F3P/c7-12(8,4-1-9,5-2-10)6-3-11/h1-6H2. The molecular weight excluding hydrogens is 231 g/mol. The van der Waals surface area contributed by atoms with Gasteiger partial charge in [-0.2, -0.15) is 0 Å². The van der Waals surface area contributed by atoms with Crippen LogP contribution in [0.25, 0.3) is 0 Å². The van der Waals surface area contributed by atoms with Crippen LogP contribution in [-0.2, 0) is 0 Å². The quantitative estimate of drug-likeness (QED) is 0.623. The molecule has 0 bridgehead atoms. The normalized spacial score (nSPS) is 15.6. The van der Waals surface area contributed by atoms with Crippen LogP contribution in [0.3, 0.4) is 0 Å². The van der Waals surface area contributed by atoms with Crippen molar-refractivity contribution in [2.75, 3.05) is 38.5 Å². The Bertz CT molecular complexity index is 119. The van der Waals surface area contributed by atoms with Gasteiger partial charge in [-0.25, -0.2) is 0 Å². The zero-order chi connectivity index (χ0) is 9.69. The predicted molar refractivity (Wildman–Crippen MR) is 51.2 cm³/mol. The molecule has 0 saturated heterocycles. The first-order valence-electron chi connectivity index (χ1n) is 3.59. The number of halogens is 5. The van der Waals surface area contributed by atoms with E-state index in [2.05, 4.69) is 0 Å². The van der Waals surface area contributed by atoms with Gasteiger partial charge in [0.25, 0.3) is 0 Å². The van der Waals surface area contributed by atoms with Crippen molar-refractivity contribution in [2.24, 2.45) is 0 Å². The van der Waals surface area contributed by atoms with Gasteiger partial charge in [0.05, 0.1) is 0 Å². The van der Waals surface area contributed by atoms with Crippen LogP contribution in [0, 0.1) is 0 Å². The van der Waals surface area contributed by atoms with Crippen molar-refractivity contribution in [3.05, 3.63) is 0 Å². The summed E-state index contributed by atoms with van der Waals surface area (Å²) in [6, 6.07) is 0. The second kappa shape index (κ2) is 4.88. The first-order valence-corrected chi connectivity index (χ1v) is 8.19. The van der Waals surface area contributed by atoms with Gasteiger partial charge in [0.2, 0.25) is 0 Å². The molecular formula is C6H12Cl2F3P. The van der Waals surface area contributed by atoms with E-state index in [9.17, 15) is 13.2 Å². The first kappa shape index (κ1) is 12.8. The van der Waals surface area contributed by atoms with Gasteiger partial charge < -0.3 is 0 Å². The fourth-order valence-electron chi connectivity index (χ4n) is 0.886. The van der Waals surface area contributed by atoms with Crippen LogP contribution in [0.5, 0.6) is 0 Å². The van der Waals surface area contributed by atoms with Crippen molar-refractivity contribution in [3.8, 4) is 0 Å². The zero-order valence-corrected chi connectivity index (χ0v) is 8.99. The fraction of sp³-hybridized carbons (Fsp3) is 1.00. The van der Waals surface area contributed by atoms with Crippen LogP contribution >= 0.6 is 27.8 Å². The predicted octanol–water partition coefficient (Wildman–Crippen LogP) is 3.76. The molecule has 0 aliphatic rings. The summed E-state index contributed by atoms with van der Waals surface area (Å²) in [5.41, 5.74) is 0. The Morgan fingerprint density at radius 3 is 1.17 bits per heavy atom. The fourth-order valence-corrected chi connectivity index (χ4v) is 3.81. The second-order valence-electron chi connectivity index (χ2n) is 2.69. The van der Waals surface area contributed by atoms with Gasteiger partial charge in [0.1, 0.15) is 0 Å². The van der Waals surface area contributed by atoms with E-state index >= 15 is 0 Å². The van der Waals surface area contributed by atoms with Crippen LogP contribution in [0.15, 0.2) is 0 Å². The molecule has 12 heavy (non-hydrogen) atoms. The number of hydrogen-bond acceptors (Lipinski definition) is 0. The molecule has 0 heterocycles. The molecule has 6 heteroatoms. The minimum atomic E-state index is -3.39. The van der Waals surface area contributed by atoms with Crippen LogP contribution in [0.4, 0.5) is 13.2 Å². The van der Waals surface area contributed by atoms with Crippen LogP contribution in [0.1, 0.15) is 0 Å². The van der Waals surface area contributed by atoms with Crippen LogP contribution in [0.2, 0.25) is 0 Å². The van der Waals surface area contributed by atoms with Gasteiger partial charge in [-0.1, -0.05) is 0 Å². The molecule has 0 unspecified atom stereocenters. The van der Waals surface area contributed by atoms with Crippen LogP contribution < -0.4 is 0 Å². The molecule has 0 aromatic heterocycles. The molecule has 0 N–H and O–H groups in total. The molecule has 0 aliphatic carbocycles. The van der Waals surface area contributed by atoms with Crippen molar-refractivity contribution < 1.29 is 13.2 Å². The first-order chi connectivity index (χ1) is 5.46. The average Bonchev–Trinajstić information content (AvgIpc) is 1.86. The summed E-state index contributed by atoms with van der Waals surface area (Å²) in [4.78, 5) is 0. The maximum absolute atomic E-state index is 12.0. The van der Waals surface area contributed by atoms with E-state index in [1.807, 2.05) is 0 Å². The molecule has 0 rings (SSSR count). The van der Waals surface area contributed by atoms with Gasteiger partial charge in [-0.05, 0) is 0 Å². The van der Waals surface area contributed by atoms with Crippen molar-refractivity contribution in [2.45, 2.75) is 0 Å². The zero-order valence-electron chi connectivity index (χ0n) is 6.58. The van der Waals surface area contributed by atoms with Crippen molar-refractivity contribution >= 4 is 27.8 Å². The number of hydrogen-bond donors (Lipinski definition) is 0. The van der Waals surface area contributed by atoms with Gasteiger partial charge >= 0.3 is 79.5 Å². The third kappa shape index (κ3) is 4.15. The van der Waals surface area contributed by atoms with Gasteiger partial charge in [0, 0.05) is 0 Å². The van der Waals surface area contributed by atoms with E-state index in [0.717, 1.165) is 0 Å². The molecule has 0 saturated carbocycles. The molecule has 0 nitrogen and oxygen atoms in total. The molecule has 0 radical (unpaired) electrons. The Kier molecular flexibility index (Phi) is 5.20. The van der Waals surface area contributed by atoms with E-state index < -0.39 is 25.3 Å². The van der Waals surface area contributed by atoms with Crippen LogP contribution in [-0.4, -0.2) is 38.5 Å². The summed E-state index contributed by atoms with van der Waals surface area (Å²) in [6.07, 6.45) is -0.326. The van der Waals surface area contributed by atoms with E-state index in [4.69, 9.17) is 22.5 Å². The van der Waals surface area contributed by atoms with Gasteiger partial charge in [-0.15, -0.1) is 0 Å². The Balaban J connectivity index is 4.31. The number of rotatable bonds is 6. The van der Waals surface area contributed by atoms with Gasteiger partial charge in [-0.3, -0.25) is 0 Å². The summed E-state index contributed by atoms with van der Waals surface area (Å²) in [5, 5.41) is -3.39. The molecule has 0 aromatic carbocycles. The summed E-state index contributed by atoms with van der Waals surface area (Å²) in [6.45, 7) is -2.15. The summed E-state index contributed by atoms with van der Waals surface area (Å²) >= 11 is 11.7. The maximum atomic E-state index is 12.0. The van der Waals surface area contributed by atoms with E-state index in [1.54, 1.807) is 0 Å². The third-order valence-electron chi connectivity index (χ3n) is 1.71. The Labute approximate surface area is 79.9 Å². The van der Waals surface area contributed by atoms with E-state index in [0.29, 0.717) is 0 Å². The van der Waals surface area contributed by atoms with E-state index in [-0.39, 0.29) is 18.5 Å². The van der Waals surface area contributed by atoms with Gasteiger partial charge in [0.15, 0.2) is 0 Å². The summed E-state index contributed by atoms with van der Waals surface area (Å²) < 4.78 is 36.0. The second-order valence-corrected chi connectivity index (χ2v) is 12.8. The molecule has 0 amide bonds. The molecule has 0 aliphatic heterocycles. The Morgan fingerprint density at radius 2 is 1.00 bits per heavy atom. The molecule has 76 valence electrons. The summed E-state index contributed by atoms with van der Waals surface area (Å²) in [7, 11) is 0. The topological polar surface area (TPSA) is 0 Å². The van der Waals surface area contributed by atoms with E-state index in [1.165, 1.54) is 0 Å². The Morgan fingerprint density at radius 1 is 0.750 bits per heavy atom. The molecule has 0 atom stereocenters. The average molecular weight is 243 g/mol. The monoisotopic (exact) mass is 242 g/mol. The molecule has 0 fully saturated rings. The Hall–Kier alpha value is 0.800. The SMILES string of the molecule is FCCP(Cl)(Cl)(CCF)CCF. The third-order valence-corrected chi connectivity index (χ3v) is 8.17. The van der Waals surface area contributed by atoms with Crippen molar-refractivity contribution in [1.82, 2.24) is 0 Å². The van der Waals surface area contributed by atoms with Crippen molar-refractivity contribution in [3.63, 3.8) is 0 Å².